The summed E-state index contributed by atoms with van der Waals surface area (Å²) in [4.78, 5) is 0. The Morgan fingerprint density at radius 2 is 0.267 bits per heavy atom. The van der Waals surface area contributed by atoms with E-state index in [2.05, 4.69) is 146 Å². The largest absolute Gasteiger partial charge is 0.183 e. The van der Waals surface area contributed by atoms with Crippen LogP contribution in [0.1, 0.15) is 0 Å². The van der Waals surface area contributed by atoms with E-state index in [-0.39, 0.29) is 0 Å². The van der Waals surface area contributed by atoms with Crippen LogP contribution < -0.4 is 0 Å². The molecule has 0 spiro atoms. The molecule has 0 rings (SSSR count). The van der Waals surface area contributed by atoms with Crippen LogP contribution >= 0.6 is 0 Å². The molecule has 0 amide bonds. The Morgan fingerprint density at radius 3 is 0.367 bits per heavy atom. The minimum Gasteiger partial charge on any atom is -0.183 e. The molecule has 0 saturated carbocycles. The fourth-order valence-electron chi connectivity index (χ4n) is 0.469. The van der Waals surface area contributed by atoms with Gasteiger partial charge in [-0.25, -0.2) is 0 Å². The Labute approximate surface area is 158 Å². The smallest absolute Gasteiger partial charge is 0 e. The molecule has 0 aromatic carbocycles. The van der Waals surface area contributed by atoms with Gasteiger partial charge in [0, 0.05) is 62.7 Å². The Balaban J connectivity index is 3.97. The van der Waals surface area contributed by atoms with Gasteiger partial charge in [-0.15, -0.1) is 0 Å². The summed E-state index contributed by atoms with van der Waals surface area (Å²) in [5.74, 6) is 0. The molecule has 0 saturated heterocycles. The monoisotopic (exact) mass is 422 g/mol. The van der Waals surface area contributed by atoms with Crippen molar-refractivity contribution in [1.29, 1.82) is 11.1 Å². The molecule has 0 bridgehead atoms. The molecule has 0 fully saturated rings. The van der Waals surface area contributed by atoms with E-state index >= 15 is 0 Å². The van der Waals surface area contributed by atoms with Gasteiger partial charge in [0.25, 0.3) is 0 Å². The second-order valence-corrected chi connectivity index (χ2v) is 2.53. The molecule has 30 heteroatoms. The van der Waals surface area contributed by atoms with Crippen molar-refractivity contribution in [3.63, 3.8) is 0 Å². The maximum Gasteiger partial charge on any atom is 0 e. The summed E-state index contributed by atoms with van der Waals surface area (Å²) in [6.07, 6.45) is 0. The van der Waals surface area contributed by atoms with E-state index < -0.39 is 0 Å². The molecule has 0 aromatic rings. The molecule has 152 valence electrons. The first-order valence-corrected chi connectivity index (χ1v) is 5.85. The molecule has 0 unspecified atom stereocenters. The van der Waals surface area contributed by atoms with E-state index in [1.54, 1.807) is 0 Å². The molecule has 0 aliphatic heterocycles. The summed E-state index contributed by atoms with van der Waals surface area (Å²) in [6.45, 7) is 0. The van der Waals surface area contributed by atoms with E-state index in [4.69, 9.17) is 11.1 Å². The van der Waals surface area contributed by atoms with E-state index in [1.165, 1.54) is 0 Å². The number of nitrogens with one attached hydrogen (secondary N) is 2. The Bertz CT molecular complexity index is 747. The highest BCUT2D eigenvalue weighted by atomic mass is 15.7. The van der Waals surface area contributed by atoms with Gasteiger partial charge in [-0.3, -0.25) is 0 Å². The van der Waals surface area contributed by atoms with Crippen molar-refractivity contribution in [1.82, 2.24) is 0 Å². The van der Waals surface area contributed by atoms with Crippen LogP contribution in [0.2, 0.25) is 0 Å². The van der Waals surface area contributed by atoms with Gasteiger partial charge in [-0.1, -0.05) is 0 Å². The molecule has 2 N–H and O–H groups in total. The Morgan fingerprint density at radius 1 is 0.167 bits per heavy atom. The van der Waals surface area contributed by atoms with Gasteiger partial charge in [0.2, 0.25) is 0 Å². The molecule has 0 aliphatic carbocycles. The Hall–Kier alpha value is -6.00. The zero-order chi connectivity index (χ0) is 21.8. The van der Waals surface area contributed by atoms with E-state index in [0.717, 1.165) is 0 Å². The molecule has 30 nitrogen and oxygen atoms in total. The van der Waals surface area contributed by atoms with Crippen molar-refractivity contribution in [2.24, 2.45) is 146 Å². The summed E-state index contributed by atoms with van der Waals surface area (Å²) in [7, 11) is 0. The quantitative estimate of drug-likeness (QED) is 0.249. The fraction of sp³-hybridized carbons (Fsp3) is 0. The number of rotatable bonds is 14. The average Bonchev–Trinajstić information content (AvgIpc) is 2.76. The molecular formula is H2N30. The normalized spacial score (nSPS) is 14.5. The summed E-state index contributed by atoms with van der Waals surface area (Å²) in [6, 6.07) is 0. The molecule has 0 aromatic heterocycles. The summed E-state index contributed by atoms with van der Waals surface area (Å²) in [5.41, 5.74) is 12.4. The van der Waals surface area contributed by atoms with Gasteiger partial charge in [-0.2, -0.15) is 11.1 Å². The second-order valence-electron chi connectivity index (χ2n) is 2.53. The van der Waals surface area contributed by atoms with Crippen LogP contribution in [0.15, 0.2) is 146 Å². The van der Waals surface area contributed by atoms with Crippen molar-refractivity contribution >= 4 is 0 Å². The molecule has 30 heavy (non-hydrogen) atoms. The van der Waals surface area contributed by atoms with Crippen molar-refractivity contribution in [2.45, 2.75) is 0 Å². The predicted molar refractivity (Wildman–Crippen MR) is 73.4 cm³/mol. The first-order valence-electron chi connectivity index (χ1n) is 5.85. The van der Waals surface area contributed by atoms with Gasteiger partial charge in [-0.05, 0) is 83.6 Å². The van der Waals surface area contributed by atoms with Crippen molar-refractivity contribution in [3.8, 4) is 0 Å². The third-order valence-corrected chi connectivity index (χ3v) is 1.09. The summed E-state index contributed by atoms with van der Waals surface area (Å²) < 4.78 is 0. The lowest BCUT2D eigenvalue weighted by atomic mass is 12.3. The minimum absolute atomic E-state index is 2.50. The van der Waals surface area contributed by atoms with Crippen LogP contribution in [0.3, 0.4) is 0 Å². The minimum atomic E-state index is 2.50. The van der Waals surface area contributed by atoms with Gasteiger partial charge in [0.05, 0.1) is 0 Å². The predicted octanol–water partition coefficient (Wildman–Crippen LogP) is 5.74. The Kier molecular flexibility index (Phi) is 18.4. The van der Waals surface area contributed by atoms with Crippen LogP contribution in [-0.4, -0.2) is 0 Å². The highest BCUT2D eigenvalue weighted by molar-refractivity contribution is 4.15. The highest BCUT2D eigenvalue weighted by Gasteiger charge is 1.72. The lowest BCUT2D eigenvalue weighted by Crippen LogP contribution is -1.51. The first-order chi connectivity index (χ1) is 14.9. The number of hydrogen-bond donors (Lipinski definition) is 2. The van der Waals surface area contributed by atoms with Gasteiger partial charge >= 0.3 is 0 Å². The van der Waals surface area contributed by atoms with Crippen molar-refractivity contribution in [2.75, 3.05) is 0 Å². The van der Waals surface area contributed by atoms with Gasteiger partial charge < -0.3 is 0 Å². The number of nitrogens with zero attached hydrogens (tertiary/aromatic N) is 28. The topological polar surface area (TPSA) is 394 Å². The highest BCUT2D eigenvalue weighted by Crippen LogP contribution is 1.90. The summed E-state index contributed by atoms with van der Waals surface area (Å²) in [5, 5.41) is 81.6. The standard InChI is InChI=1S/H2N30/c1-3-5-7-9-11-13-15-17-19-21-23-25-27-29-30-28-26-24-22-20-18-16-14-12-10-8-6-4-2/h1-2H/b3-1?,4-2?,7-5+,8-6+,11-9+,12-10+,15-13+,16-14+,19-17+,20-18+,23-21+,24-22+,27-25+,28-26+,30-29+. The fourth-order valence-corrected chi connectivity index (χ4v) is 0.469. The first kappa shape index (κ1) is 24.0. The van der Waals surface area contributed by atoms with E-state index in [9.17, 15) is 0 Å². The maximum atomic E-state index is 6.22. The van der Waals surface area contributed by atoms with Gasteiger partial charge in [0.1, 0.15) is 0 Å². The van der Waals surface area contributed by atoms with Crippen LogP contribution in [0.25, 0.3) is 0 Å². The maximum absolute atomic E-state index is 6.22. The van der Waals surface area contributed by atoms with Crippen molar-refractivity contribution in [3.05, 3.63) is 0 Å². The molecule has 0 atom stereocenters. The van der Waals surface area contributed by atoms with E-state index in [1.807, 2.05) is 0 Å². The molecule has 0 radical (unpaired) electrons. The molecule has 0 heterocycles. The molecular weight excluding hydrogens is 420 g/mol. The number of hydrogen-bond acceptors (Lipinski definition) is 2. The van der Waals surface area contributed by atoms with Crippen LogP contribution in [-0.2, 0) is 0 Å². The average molecular weight is 422 g/mol. The van der Waals surface area contributed by atoms with Crippen LogP contribution in [0.4, 0.5) is 0 Å². The van der Waals surface area contributed by atoms with Crippen LogP contribution in [0, 0.1) is 11.1 Å². The summed E-state index contributed by atoms with van der Waals surface area (Å²) >= 11 is 0. The zero-order valence-corrected chi connectivity index (χ0v) is 13.5. The van der Waals surface area contributed by atoms with Crippen molar-refractivity contribution < 1.29 is 0 Å². The van der Waals surface area contributed by atoms with Gasteiger partial charge in [0.15, 0.2) is 0 Å². The lowest BCUT2D eigenvalue weighted by Gasteiger charge is -1.70. The second kappa shape index (κ2) is 23.0. The van der Waals surface area contributed by atoms with E-state index in [0.29, 0.717) is 0 Å². The molecule has 0 aliphatic rings. The third-order valence-electron chi connectivity index (χ3n) is 1.09. The SMILES string of the molecule is N=N/N=N/N=N/N=N/N=N/N=N/N=N/N=N/N=N/N=N/N=N/N=N/N=N/N=N/N=N. The zero-order valence-electron chi connectivity index (χ0n) is 13.5. The van der Waals surface area contributed by atoms with Crippen LogP contribution in [0.5, 0.6) is 0 Å². The lowest BCUT2D eigenvalue weighted by molar-refractivity contribution is 0.729. The third kappa shape index (κ3) is 22.0.